The van der Waals surface area contributed by atoms with Crippen LogP contribution in [0.1, 0.15) is 25.7 Å². The van der Waals surface area contributed by atoms with Gasteiger partial charge < -0.3 is 5.11 Å². The fourth-order valence-electron chi connectivity index (χ4n) is 2.19. The zero-order valence-electron chi connectivity index (χ0n) is 6.42. The highest BCUT2D eigenvalue weighted by Gasteiger charge is 2.37. The molecule has 2 nitrogen and oxygen atoms in total. The van der Waals surface area contributed by atoms with Gasteiger partial charge in [0.05, 0.1) is 5.76 Å². The van der Waals surface area contributed by atoms with Gasteiger partial charge in [0.25, 0.3) is 0 Å². The lowest BCUT2D eigenvalue weighted by molar-refractivity contribution is -0.119. The van der Waals surface area contributed by atoms with Gasteiger partial charge in [-0.3, -0.25) is 4.79 Å². The number of rotatable bonds is 0. The Labute approximate surface area is 65.9 Å². The zero-order valence-corrected chi connectivity index (χ0v) is 6.42. The molecule has 0 aromatic rings. The van der Waals surface area contributed by atoms with E-state index in [-0.39, 0.29) is 17.6 Å². The second-order valence-corrected chi connectivity index (χ2v) is 3.47. The highest BCUT2D eigenvalue weighted by atomic mass is 16.3. The summed E-state index contributed by atoms with van der Waals surface area (Å²) in [7, 11) is 0. The Bertz CT molecular complexity index is 218. The van der Waals surface area contributed by atoms with Crippen molar-refractivity contribution in [1.82, 2.24) is 0 Å². The monoisotopic (exact) mass is 152 g/mol. The third-order valence-electron chi connectivity index (χ3n) is 2.80. The van der Waals surface area contributed by atoms with Crippen molar-refractivity contribution in [2.75, 3.05) is 0 Å². The summed E-state index contributed by atoms with van der Waals surface area (Å²) in [4.78, 5) is 11.2. The van der Waals surface area contributed by atoms with Gasteiger partial charge in [-0.1, -0.05) is 12.8 Å². The van der Waals surface area contributed by atoms with Crippen LogP contribution in [-0.2, 0) is 4.79 Å². The lowest BCUT2D eigenvalue weighted by Gasteiger charge is -2.23. The summed E-state index contributed by atoms with van der Waals surface area (Å²) >= 11 is 0. The maximum absolute atomic E-state index is 11.2. The first-order chi connectivity index (χ1) is 5.29. The van der Waals surface area contributed by atoms with Gasteiger partial charge in [0.1, 0.15) is 0 Å². The Morgan fingerprint density at radius 2 is 1.91 bits per heavy atom. The molecule has 1 N–H and O–H groups in total. The van der Waals surface area contributed by atoms with E-state index in [0.29, 0.717) is 5.76 Å². The minimum Gasteiger partial charge on any atom is -0.512 e. The van der Waals surface area contributed by atoms with Crippen LogP contribution in [0.25, 0.3) is 0 Å². The van der Waals surface area contributed by atoms with Crippen LogP contribution in [0.3, 0.4) is 0 Å². The molecule has 0 aliphatic heterocycles. The van der Waals surface area contributed by atoms with E-state index in [1.54, 1.807) is 0 Å². The van der Waals surface area contributed by atoms with Crippen molar-refractivity contribution in [3.8, 4) is 0 Å². The molecular formula is C9H12O2. The van der Waals surface area contributed by atoms with Crippen LogP contribution in [0.5, 0.6) is 0 Å². The molecule has 2 aliphatic rings. The first-order valence-corrected chi connectivity index (χ1v) is 4.23. The van der Waals surface area contributed by atoms with Gasteiger partial charge in [0.2, 0.25) is 0 Å². The normalized spacial score (nSPS) is 36.7. The molecule has 0 aromatic heterocycles. The number of aliphatic hydroxyl groups excluding tert-OH is 1. The number of carbonyl (C=O) groups is 1. The molecule has 2 rings (SSSR count). The molecule has 0 radical (unpaired) electrons. The summed E-state index contributed by atoms with van der Waals surface area (Å²) in [6.07, 6.45) is 5.70. The number of fused-ring (bicyclic) bond motifs is 1. The molecule has 0 aromatic carbocycles. The van der Waals surface area contributed by atoms with E-state index >= 15 is 0 Å². The Kier molecular flexibility index (Phi) is 1.48. The van der Waals surface area contributed by atoms with Crippen molar-refractivity contribution in [2.45, 2.75) is 25.7 Å². The third-order valence-corrected chi connectivity index (χ3v) is 2.80. The van der Waals surface area contributed by atoms with Crippen LogP contribution in [0, 0.1) is 11.8 Å². The SMILES string of the molecule is O=C1C=C(O)[C@H]2CCCC[C@@H]12. The quantitative estimate of drug-likeness (QED) is 0.574. The van der Waals surface area contributed by atoms with Gasteiger partial charge in [-0.15, -0.1) is 0 Å². The summed E-state index contributed by atoms with van der Waals surface area (Å²) in [6, 6.07) is 0. The smallest absolute Gasteiger partial charge is 0.162 e. The van der Waals surface area contributed by atoms with Gasteiger partial charge >= 0.3 is 0 Å². The Balaban J connectivity index is 2.21. The molecule has 0 saturated heterocycles. The topological polar surface area (TPSA) is 37.3 Å². The van der Waals surface area contributed by atoms with E-state index in [1.807, 2.05) is 0 Å². The van der Waals surface area contributed by atoms with E-state index in [0.717, 1.165) is 25.7 Å². The lowest BCUT2D eigenvalue weighted by atomic mass is 9.80. The molecule has 2 atom stereocenters. The number of hydrogen-bond donors (Lipinski definition) is 1. The molecule has 2 heteroatoms. The average molecular weight is 152 g/mol. The number of ketones is 1. The number of aliphatic hydroxyl groups is 1. The second-order valence-electron chi connectivity index (χ2n) is 3.47. The summed E-state index contributed by atoms with van der Waals surface area (Å²) in [5.74, 6) is 0.784. The average Bonchev–Trinajstić information content (AvgIpc) is 2.30. The molecule has 0 amide bonds. The van der Waals surface area contributed by atoms with Crippen molar-refractivity contribution in [2.24, 2.45) is 11.8 Å². The minimum absolute atomic E-state index is 0.128. The molecule has 1 saturated carbocycles. The molecular weight excluding hydrogens is 140 g/mol. The van der Waals surface area contributed by atoms with Crippen molar-refractivity contribution in [1.29, 1.82) is 0 Å². The Morgan fingerprint density at radius 1 is 1.27 bits per heavy atom. The maximum atomic E-state index is 11.2. The van der Waals surface area contributed by atoms with E-state index < -0.39 is 0 Å². The van der Waals surface area contributed by atoms with E-state index in [1.165, 1.54) is 6.08 Å². The number of carbonyl (C=O) groups excluding carboxylic acids is 1. The van der Waals surface area contributed by atoms with E-state index in [9.17, 15) is 9.90 Å². The largest absolute Gasteiger partial charge is 0.512 e. The fraction of sp³-hybridized carbons (Fsp3) is 0.667. The van der Waals surface area contributed by atoms with Gasteiger partial charge in [0.15, 0.2) is 5.78 Å². The molecule has 0 spiro atoms. The standard InChI is InChI=1S/C9H12O2/c10-8-5-9(11)7-4-2-1-3-6(7)8/h5-7,10H,1-4H2/t6-,7+/m0/s1. The van der Waals surface area contributed by atoms with Crippen LogP contribution in [0.4, 0.5) is 0 Å². The predicted octanol–water partition coefficient (Wildman–Crippen LogP) is 1.82. The minimum atomic E-state index is 0.128. The van der Waals surface area contributed by atoms with Crippen LogP contribution in [0.15, 0.2) is 11.8 Å². The van der Waals surface area contributed by atoms with Crippen molar-refractivity contribution in [3.63, 3.8) is 0 Å². The fourth-order valence-corrected chi connectivity index (χ4v) is 2.19. The van der Waals surface area contributed by atoms with Crippen LogP contribution < -0.4 is 0 Å². The van der Waals surface area contributed by atoms with E-state index in [2.05, 4.69) is 0 Å². The van der Waals surface area contributed by atoms with Crippen molar-refractivity contribution in [3.05, 3.63) is 11.8 Å². The highest BCUT2D eigenvalue weighted by Crippen LogP contribution is 2.38. The molecule has 0 bridgehead atoms. The summed E-state index contributed by atoms with van der Waals surface area (Å²) in [6.45, 7) is 0. The zero-order chi connectivity index (χ0) is 7.84. The summed E-state index contributed by atoms with van der Waals surface area (Å²) < 4.78 is 0. The van der Waals surface area contributed by atoms with Crippen LogP contribution in [-0.4, -0.2) is 10.9 Å². The van der Waals surface area contributed by atoms with Crippen LogP contribution >= 0.6 is 0 Å². The van der Waals surface area contributed by atoms with Crippen molar-refractivity contribution < 1.29 is 9.90 Å². The Morgan fingerprint density at radius 3 is 2.55 bits per heavy atom. The molecule has 2 aliphatic carbocycles. The maximum Gasteiger partial charge on any atom is 0.162 e. The van der Waals surface area contributed by atoms with Crippen LogP contribution in [0.2, 0.25) is 0 Å². The third kappa shape index (κ3) is 0.971. The molecule has 11 heavy (non-hydrogen) atoms. The Hall–Kier alpha value is -0.790. The summed E-state index contributed by atoms with van der Waals surface area (Å²) in [5, 5.41) is 9.34. The van der Waals surface area contributed by atoms with Gasteiger partial charge in [-0.2, -0.15) is 0 Å². The first-order valence-electron chi connectivity index (χ1n) is 4.23. The molecule has 60 valence electrons. The highest BCUT2D eigenvalue weighted by molar-refractivity contribution is 5.95. The predicted molar refractivity (Wildman–Crippen MR) is 41.2 cm³/mol. The van der Waals surface area contributed by atoms with Gasteiger partial charge in [0, 0.05) is 17.9 Å². The molecule has 0 unspecified atom stereocenters. The first kappa shape index (κ1) is 6.89. The summed E-state index contributed by atoms with van der Waals surface area (Å²) in [5.41, 5.74) is 0. The molecule has 1 fully saturated rings. The second kappa shape index (κ2) is 2.36. The number of allylic oxidation sites excluding steroid dienone is 2. The number of hydrogen-bond acceptors (Lipinski definition) is 2. The lowest BCUT2D eigenvalue weighted by Crippen LogP contribution is -2.21. The van der Waals surface area contributed by atoms with Gasteiger partial charge in [-0.05, 0) is 12.8 Å². The molecule has 0 heterocycles. The van der Waals surface area contributed by atoms with Gasteiger partial charge in [-0.25, -0.2) is 0 Å². The van der Waals surface area contributed by atoms with Crippen molar-refractivity contribution >= 4 is 5.78 Å². The van der Waals surface area contributed by atoms with E-state index in [4.69, 9.17) is 0 Å².